The topological polar surface area (TPSA) is 98.2 Å². The second-order valence-corrected chi connectivity index (χ2v) is 7.02. The van der Waals surface area contributed by atoms with Crippen molar-refractivity contribution in [2.75, 3.05) is 5.32 Å². The minimum Gasteiger partial charge on any atom is -0.360 e. The van der Waals surface area contributed by atoms with Crippen molar-refractivity contribution in [1.29, 1.82) is 0 Å². The van der Waals surface area contributed by atoms with Crippen molar-refractivity contribution >= 4 is 29.3 Å². The van der Waals surface area contributed by atoms with Gasteiger partial charge >= 0.3 is 0 Å². The van der Waals surface area contributed by atoms with Gasteiger partial charge in [0.05, 0.1) is 5.25 Å². The summed E-state index contributed by atoms with van der Waals surface area (Å²) in [5, 5.41) is 11.3. The third-order valence-electron chi connectivity index (χ3n) is 3.57. The molecule has 0 saturated carbocycles. The molecule has 0 aliphatic rings. The zero-order valence-corrected chi connectivity index (χ0v) is 15.4. The number of aromatic nitrogens is 5. The van der Waals surface area contributed by atoms with Crippen molar-refractivity contribution < 1.29 is 9.32 Å². The van der Waals surface area contributed by atoms with Gasteiger partial charge in [0.1, 0.15) is 5.76 Å². The van der Waals surface area contributed by atoms with Crippen LogP contribution in [0.2, 0.25) is 0 Å². The number of hydrogen-bond donors (Lipinski definition) is 1. The third kappa shape index (κ3) is 3.98. The molecule has 8 nitrogen and oxygen atoms in total. The van der Waals surface area contributed by atoms with Gasteiger partial charge in [0.25, 0.3) is 5.78 Å². The highest BCUT2D eigenvalue weighted by Gasteiger charge is 2.23. The van der Waals surface area contributed by atoms with E-state index in [1.165, 1.54) is 11.8 Å². The lowest BCUT2D eigenvalue weighted by molar-refractivity contribution is -0.115. The van der Waals surface area contributed by atoms with E-state index in [2.05, 4.69) is 25.5 Å². The summed E-state index contributed by atoms with van der Waals surface area (Å²) in [7, 11) is 0. The molecule has 0 aliphatic heterocycles. The normalized spacial score (nSPS) is 12.5. The zero-order chi connectivity index (χ0) is 18.0. The minimum absolute atomic E-state index is 0.139. The van der Waals surface area contributed by atoms with Gasteiger partial charge in [-0.25, -0.2) is 9.50 Å². The van der Waals surface area contributed by atoms with Crippen LogP contribution in [-0.2, 0) is 4.79 Å². The van der Waals surface area contributed by atoms with Crippen LogP contribution >= 0.6 is 11.8 Å². The summed E-state index contributed by atoms with van der Waals surface area (Å²) in [6, 6.07) is 3.63. The fraction of sp³-hybridized carbons (Fsp3) is 0.438. The number of carbonyl (C=O) groups is 1. The Morgan fingerprint density at radius 2 is 2.12 bits per heavy atom. The van der Waals surface area contributed by atoms with Gasteiger partial charge in [-0.3, -0.25) is 4.79 Å². The molecule has 0 aliphatic carbocycles. The Hall–Kier alpha value is -2.42. The molecule has 0 unspecified atom stereocenters. The molecule has 3 aromatic heterocycles. The number of amides is 1. The SMILES string of the molecule is CCC[C@@H](Sc1nc2nc(C)cc(C)n2n1)C(=O)Nc1cc(C)on1. The number of rotatable bonds is 6. The number of nitrogens with zero attached hydrogens (tertiary/aromatic N) is 5. The monoisotopic (exact) mass is 360 g/mol. The summed E-state index contributed by atoms with van der Waals surface area (Å²) in [5.74, 6) is 1.47. The highest BCUT2D eigenvalue weighted by molar-refractivity contribution is 8.00. The molecule has 25 heavy (non-hydrogen) atoms. The molecular weight excluding hydrogens is 340 g/mol. The second kappa shape index (κ2) is 7.22. The summed E-state index contributed by atoms with van der Waals surface area (Å²) in [6.45, 7) is 7.68. The van der Waals surface area contributed by atoms with Crippen LogP contribution < -0.4 is 5.32 Å². The van der Waals surface area contributed by atoms with Gasteiger partial charge in [-0.05, 0) is 33.3 Å². The number of nitrogens with one attached hydrogen (secondary N) is 1. The van der Waals surface area contributed by atoms with E-state index in [0.717, 1.165) is 17.8 Å². The second-order valence-electron chi connectivity index (χ2n) is 5.85. The summed E-state index contributed by atoms with van der Waals surface area (Å²) in [4.78, 5) is 21.4. The quantitative estimate of drug-likeness (QED) is 0.675. The molecule has 0 aromatic carbocycles. The highest BCUT2D eigenvalue weighted by Crippen LogP contribution is 2.25. The average Bonchev–Trinajstić information content (AvgIpc) is 3.13. The standard InChI is InChI=1S/C16H20N6O2S/c1-5-6-12(14(23)18-13-8-11(4)24-21-13)25-16-19-15-17-9(2)7-10(3)22(15)20-16/h7-8,12H,5-6H2,1-4H3,(H,18,21,23)/t12-/m1/s1. The van der Waals surface area contributed by atoms with Gasteiger partial charge in [0.2, 0.25) is 11.1 Å². The average molecular weight is 360 g/mol. The molecule has 0 radical (unpaired) electrons. The van der Waals surface area contributed by atoms with Crippen molar-refractivity contribution in [2.45, 2.75) is 50.9 Å². The van der Waals surface area contributed by atoms with E-state index in [1.807, 2.05) is 26.8 Å². The van der Waals surface area contributed by atoms with Crippen LogP contribution in [-0.4, -0.2) is 35.9 Å². The van der Waals surface area contributed by atoms with Crippen molar-refractivity contribution in [3.8, 4) is 0 Å². The van der Waals surface area contributed by atoms with Crippen LogP contribution in [0.4, 0.5) is 5.82 Å². The Morgan fingerprint density at radius 1 is 1.32 bits per heavy atom. The lowest BCUT2D eigenvalue weighted by atomic mass is 10.2. The highest BCUT2D eigenvalue weighted by atomic mass is 32.2. The maximum Gasteiger partial charge on any atom is 0.253 e. The first-order chi connectivity index (χ1) is 12.0. The van der Waals surface area contributed by atoms with E-state index >= 15 is 0 Å². The zero-order valence-electron chi connectivity index (χ0n) is 14.6. The molecule has 0 saturated heterocycles. The number of anilines is 1. The maximum atomic E-state index is 12.6. The molecule has 3 rings (SSSR count). The lowest BCUT2D eigenvalue weighted by Crippen LogP contribution is -2.25. The first-order valence-corrected chi connectivity index (χ1v) is 8.96. The summed E-state index contributed by atoms with van der Waals surface area (Å²) >= 11 is 1.33. The lowest BCUT2D eigenvalue weighted by Gasteiger charge is -2.12. The summed E-state index contributed by atoms with van der Waals surface area (Å²) < 4.78 is 6.67. The van der Waals surface area contributed by atoms with Crippen LogP contribution in [0.25, 0.3) is 5.78 Å². The number of thioether (sulfide) groups is 1. The molecule has 3 heterocycles. The van der Waals surface area contributed by atoms with Gasteiger partial charge in [-0.1, -0.05) is 30.3 Å². The fourth-order valence-corrected chi connectivity index (χ4v) is 3.50. The molecule has 1 amide bonds. The molecule has 132 valence electrons. The number of fused-ring (bicyclic) bond motifs is 1. The minimum atomic E-state index is -0.319. The van der Waals surface area contributed by atoms with E-state index in [0.29, 0.717) is 28.9 Å². The van der Waals surface area contributed by atoms with Gasteiger partial charge in [0, 0.05) is 17.5 Å². The van der Waals surface area contributed by atoms with Crippen molar-refractivity contribution in [3.05, 3.63) is 29.3 Å². The van der Waals surface area contributed by atoms with Crippen molar-refractivity contribution in [3.63, 3.8) is 0 Å². The first-order valence-electron chi connectivity index (χ1n) is 8.08. The molecule has 9 heteroatoms. The molecule has 1 atom stereocenters. The molecule has 1 N–H and O–H groups in total. The van der Waals surface area contributed by atoms with E-state index in [-0.39, 0.29) is 11.2 Å². The Balaban J connectivity index is 1.79. The van der Waals surface area contributed by atoms with E-state index in [4.69, 9.17) is 4.52 Å². The van der Waals surface area contributed by atoms with E-state index < -0.39 is 0 Å². The van der Waals surface area contributed by atoms with Crippen molar-refractivity contribution in [1.82, 2.24) is 24.7 Å². The molecule has 0 fully saturated rings. The van der Waals surface area contributed by atoms with Crippen LogP contribution in [0, 0.1) is 20.8 Å². The summed E-state index contributed by atoms with van der Waals surface area (Å²) in [6.07, 6.45) is 1.57. The van der Waals surface area contributed by atoms with Gasteiger partial charge in [-0.15, -0.1) is 5.10 Å². The Labute approximate surface area is 149 Å². The van der Waals surface area contributed by atoms with E-state index in [1.54, 1.807) is 17.5 Å². The van der Waals surface area contributed by atoms with Gasteiger partial charge < -0.3 is 9.84 Å². The predicted molar refractivity (Wildman–Crippen MR) is 94.7 cm³/mol. The fourth-order valence-electron chi connectivity index (χ4n) is 2.46. The molecule has 0 spiro atoms. The number of carbonyl (C=O) groups excluding carboxylic acids is 1. The molecule has 0 bridgehead atoms. The first kappa shape index (κ1) is 17.4. The third-order valence-corrected chi connectivity index (χ3v) is 4.69. The van der Waals surface area contributed by atoms with Crippen LogP contribution in [0.5, 0.6) is 0 Å². The largest absolute Gasteiger partial charge is 0.360 e. The molecule has 3 aromatic rings. The van der Waals surface area contributed by atoms with Crippen LogP contribution in [0.3, 0.4) is 0 Å². The summed E-state index contributed by atoms with van der Waals surface area (Å²) in [5.41, 5.74) is 1.84. The number of aryl methyl sites for hydroxylation is 3. The maximum absolute atomic E-state index is 12.6. The van der Waals surface area contributed by atoms with Crippen molar-refractivity contribution in [2.24, 2.45) is 0 Å². The Bertz CT molecular complexity index is 903. The predicted octanol–water partition coefficient (Wildman–Crippen LogP) is 2.94. The molecular formula is C16H20N6O2S. The Morgan fingerprint density at radius 3 is 2.80 bits per heavy atom. The van der Waals surface area contributed by atoms with Crippen LogP contribution in [0.15, 0.2) is 21.8 Å². The van der Waals surface area contributed by atoms with Gasteiger partial charge in [0.15, 0.2) is 5.82 Å². The number of hydrogen-bond acceptors (Lipinski definition) is 7. The smallest absolute Gasteiger partial charge is 0.253 e. The Kier molecular flexibility index (Phi) is 5.03. The van der Waals surface area contributed by atoms with Crippen LogP contribution in [0.1, 0.15) is 36.9 Å². The van der Waals surface area contributed by atoms with E-state index in [9.17, 15) is 4.79 Å². The van der Waals surface area contributed by atoms with Gasteiger partial charge in [-0.2, -0.15) is 4.98 Å².